The number of benzene rings is 1. The number of aromatic amines is 1. The maximum absolute atomic E-state index is 12.7. The molecule has 0 atom stereocenters. The van der Waals surface area contributed by atoms with Gasteiger partial charge in [0.25, 0.3) is 0 Å². The largest absolute Gasteiger partial charge is 0.463 e. The van der Waals surface area contributed by atoms with Crippen LogP contribution in [0.15, 0.2) is 29.1 Å². The Labute approximate surface area is 184 Å². The number of allylic oxidation sites excluding steroid dienone is 1. The Morgan fingerprint density at radius 1 is 1.16 bits per heavy atom. The number of nitrogens with one attached hydrogen (secondary N) is 1. The van der Waals surface area contributed by atoms with Gasteiger partial charge in [-0.2, -0.15) is 14.3 Å². The van der Waals surface area contributed by atoms with Gasteiger partial charge in [-0.05, 0) is 41.5 Å². The standard InChI is InChI=1S/C21H24N6O4S/c1-32(29,30)26-7-6-16-14-5-3-2-4-8-31-20-24-18(22)17-19(25-20)27(21(28)23-17)11-13(9-14)10-15(16)12-26/h2-3,9-10H,4-8,11-12H2,1H3,(H,23,28)(H2,22,24,25). The number of nitrogens with two attached hydrogens (primary N) is 1. The smallest absolute Gasteiger partial charge is 0.328 e. The fourth-order valence-corrected chi connectivity index (χ4v) is 5.16. The van der Waals surface area contributed by atoms with Crippen molar-refractivity contribution >= 4 is 27.0 Å². The summed E-state index contributed by atoms with van der Waals surface area (Å²) in [6.07, 6.45) is 7.43. The number of sulfonamides is 1. The van der Waals surface area contributed by atoms with E-state index in [-0.39, 0.29) is 24.1 Å². The summed E-state index contributed by atoms with van der Waals surface area (Å²) in [5, 5.41) is 0. The van der Waals surface area contributed by atoms with E-state index in [0.717, 1.165) is 23.1 Å². The highest BCUT2D eigenvalue weighted by Gasteiger charge is 2.25. The van der Waals surface area contributed by atoms with Crippen LogP contribution in [0, 0.1) is 0 Å². The third-order valence-electron chi connectivity index (χ3n) is 5.91. The predicted molar refractivity (Wildman–Crippen MR) is 120 cm³/mol. The maximum atomic E-state index is 12.7. The number of aromatic nitrogens is 4. The van der Waals surface area contributed by atoms with E-state index < -0.39 is 10.0 Å². The molecule has 5 rings (SSSR count). The first-order valence-corrected chi connectivity index (χ1v) is 12.3. The van der Waals surface area contributed by atoms with Gasteiger partial charge in [-0.25, -0.2) is 13.2 Å². The molecule has 3 aromatic rings. The predicted octanol–water partition coefficient (Wildman–Crippen LogP) is 0.949. The average molecular weight is 457 g/mol. The second kappa shape index (κ2) is 7.75. The van der Waals surface area contributed by atoms with Gasteiger partial charge in [0.2, 0.25) is 10.0 Å². The molecule has 2 aromatic heterocycles. The Balaban J connectivity index is 1.65. The lowest BCUT2D eigenvalue weighted by molar-refractivity contribution is 0.300. The topological polar surface area (TPSA) is 136 Å². The van der Waals surface area contributed by atoms with Gasteiger partial charge in [-0.1, -0.05) is 24.3 Å². The van der Waals surface area contributed by atoms with Crippen LogP contribution >= 0.6 is 0 Å². The molecule has 11 heteroatoms. The van der Waals surface area contributed by atoms with Crippen LogP contribution in [0.5, 0.6) is 6.01 Å². The molecule has 0 fully saturated rings. The van der Waals surface area contributed by atoms with Gasteiger partial charge in [0.15, 0.2) is 11.5 Å². The molecule has 0 amide bonds. The number of nitrogen functional groups attached to an aromatic ring is 1. The van der Waals surface area contributed by atoms with Crippen LogP contribution in [-0.4, -0.2) is 51.6 Å². The van der Waals surface area contributed by atoms with Crippen molar-refractivity contribution in [3.8, 4) is 6.01 Å². The van der Waals surface area contributed by atoms with Crippen LogP contribution in [-0.2, 0) is 36.0 Å². The average Bonchev–Trinajstić information content (AvgIpc) is 3.05. The molecule has 10 nitrogen and oxygen atoms in total. The third kappa shape index (κ3) is 3.78. The summed E-state index contributed by atoms with van der Waals surface area (Å²) in [4.78, 5) is 24.0. The van der Waals surface area contributed by atoms with Gasteiger partial charge in [0, 0.05) is 13.1 Å². The summed E-state index contributed by atoms with van der Waals surface area (Å²) in [7, 11) is -3.29. The number of H-pyrrole nitrogens is 1. The molecular weight excluding hydrogens is 432 g/mol. The maximum Gasteiger partial charge on any atom is 0.328 e. The highest BCUT2D eigenvalue weighted by atomic mass is 32.2. The van der Waals surface area contributed by atoms with Crippen molar-refractivity contribution in [3.63, 3.8) is 0 Å². The van der Waals surface area contributed by atoms with Crippen molar-refractivity contribution in [2.45, 2.75) is 32.4 Å². The Kier molecular flexibility index (Phi) is 5.01. The van der Waals surface area contributed by atoms with Crippen LogP contribution < -0.4 is 16.2 Å². The SMILES string of the molecule is CS(=O)(=O)N1CCc2c3cc(cc2C1)Cn1c(=O)[nH]c2c(N)nc(nc21)OCCC=CC3. The van der Waals surface area contributed by atoms with Crippen molar-refractivity contribution < 1.29 is 13.2 Å². The van der Waals surface area contributed by atoms with Crippen LogP contribution in [0.25, 0.3) is 11.2 Å². The molecule has 0 radical (unpaired) electrons. The molecule has 32 heavy (non-hydrogen) atoms. The van der Waals surface area contributed by atoms with E-state index in [1.807, 2.05) is 12.1 Å². The lowest BCUT2D eigenvalue weighted by Gasteiger charge is -2.29. The first kappa shape index (κ1) is 20.7. The summed E-state index contributed by atoms with van der Waals surface area (Å²) < 4.78 is 32.9. The van der Waals surface area contributed by atoms with E-state index in [9.17, 15) is 13.2 Å². The molecule has 0 saturated heterocycles. The molecule has 0 saturated carbocycles. The molecule has 1 aromatic carbocycles. The Hall–Kier alpha value is -3.18. The molecule has 4 bridgehead atoms. The minimum absolute atomic E-state index is 0.128. The minimum Gasteiger partial charge on any atom is -0.463 e. The molecule has 4 heterocycles. The highest BCUT2D eigenvalue weighted by Crippen LogP contribution is 2.28. The van der Waals surface area contributed by atoms with E-state index >= 15 is 0 Å². The van der Waals surface area contributed by atoms with Gasteiger partial charge in [0.05, 0.1) is 19.4 Å². The monoisotopic (exact) mass is 456 g/mol. The number of ether oxygens (including phenoxy) is 1. The van der Waals surface area contributed by atoms with Gasteiger partial charge >= 0.3 is 11.7 Å². The van der Waals surface area contributed by atoms with Crippen molar-refractivity contribution in [1.82, 2.24) is 23.8 Å². The first-order valence-electron chi connectivity index (χ1n) is 10.4. The fourth-order valence-electron chi connectivity index (χ4n) is 4.36. The number of imidazole rings is 1. The molecule has 2 aliphatic rings. The van der Waals surface area contributed by atoms with Gasteiger partial charge in [-0.15, -0.1) is 0 Å². The molecular formula is C21H24N6O4S. The van der Waals surface area contributed by atoms with Gasteiger partial charge in [-0.3, -0.25) is 4.57 Å². The molecule has 2 aliphatic heterocycles. The van der Waals surface area contributed by atoms with Gasteiger partial charge < -0.3 is 15.5 Å². The van der Waals surface area contributed by atoms with E-state index in [2.05, 4.69) is 27.1 Å². The summed E-state index contributed by atoms with van der Waals surface area (Å²) in [6.45, 7) is 1.44. The van der Waals surface area contributed by atoms with Crippen molar-refractivity contribution in [2.24, 2.45) is 0 Å². The van der Waals surface area contributed by atoms with Crippen molar-refractivity contribution in [2.75, 3.05) is 25.1 Å². The third-order valence-corrected chi connectivity index (χ3v) is 7.16. The molecule has 168 valence electrons. The van der Waals surface area contributed by atoms with E-state index in [4.69, 9.17) is 10.5 Å². The van der Waals surface area contributed by atoms with Crippen molar-refractivity contribution in [1.29, 1.82) is 0 Å². The summed E-state index contributed by atoms with van der Waals surface area (Å²) in [5.41, 5.74) is 10.6. The Bertz CT molecular complexity index is 1410. The highest BCUT2D eigenvalue weighted by molar-refractivity contribution is 7.88. The number of hydrogen-bond donors (Lipinski definition) is 2. The number of fused-ring (bicyclic) bond motifs is 5. The number of anilines is 1. The van der Waals surface area contributed by atoms with Crippen LogP contribution in [0.3, 0.4) is 0 Å². The molecule has 3 N–H and O–H groups in total. The molecule has 0 spiro atoms. The van der Waals surface area contributed by atoms with Crippen LogP contribution in [0.4, 0.5) is 5.82 Å². The zero-order chi connectivity index (χ0) is 22.5. The summed E-state index contributed by atoms with van der Waals surface area (Å²) in [5.74, 6) is 0.151. The first-order chi connectivity index (χ1) is 15.3. The number of rotatable bonds is 1. The lowest BCUT2D eigenvalue weighted by atomic mass is 9.91. The van der Waals surface area contributed by atoms with E-state index in [1.54, 1.807) is 0 Å². The van der Waals surface area contributed by atoms with Crippen LogP contribution in [0.2, 0.25) is 0 Å². The van der Waals surface area contributed by atoms with Gasteiger partial charge in [0.1, 0.15) is 5.52 Å². The number of nitrogens with zero attached hydrogens (tertiary/aromatic N) is 4. The summed E-state index contributed by atoms with van der Waals surface area (Å²) in [6, 6.07) is 4.21. The zero-order valence-electron chi connectivity index (χ0n) is 17.7. The second-order valence-corrected chi connectivity index (χ2v) is 10.1. The summed E-state index contributed by atoms with van der Waals surface area (Å²) >= 11 is 0. The van der Waals surface area contributed by atoms with E-state index in [1.165, 1.54) is 20.7 Å². The fraction of sp³-hybridized carbons (Fsp3) is 0.381. The van der Waals surface area contributed by atoms with E-state index in [0.29, 0.717) is 43.7 Å². The minimum atomic E-state index is -3.29. The second-order valence-electron chi connectivity index (χ2n) is 8.16. The molecule has 0 unspecified atom stereocenters. The number of hydrogen-bond acceptors (Lipinski definition) is 7. The van der Waals surface area contributed by atoms with Crippen LogP contribution in [0.1, 0.15) is 28.7 Å². The Morgan fingerprint density at radius 3 is 2.78 bits per heavy atom. The molecule has 0 aliphatic carbocycles. The zero-order valence-corrected chi connectivity index (χ0v) is 18.5. The normalized spacial score (nSPS) is 17.2. The quantitative estimate of drug-likeness (QED) is 0.520. The van der Waals surface area contributed by atoms with Crippen molar-refractivity contribution in [3.05, 3.63) is 57.0 Å². The Morgan fingerprint density at radius 2 is 1.97 bits per heavy atom. The lowest BCUT2D eigenvalue weighted by Crippen LogP contribution is -2.35.